The fourth-order valence-electron chi connectivity index (χ4n) is 2.10. The minimum absolute atomic E-state index is 0.529. The molecule has 0 bridgehead atoms. The highest BCUT2D eigenvalue weighted by atomic mass is 15.3. The molecule has 1 rings (SSSR count). The Morgan fingerprint density at radius 1 is 1.33 bits per heavy atom. The minimum atomic E-state index is 0.529. The molecule has 0 radical (unpaired) electrons. The third-order valence-corrected chi connectivity index (χ3v) is 3.39. The van der Waals surface area contributed by atoms with E-state index in [0.29, 0.717) is 6.04 Å². The number of unbranched alkanes of at least 4 members (excludes halogenated alkanes) is 1. The van der Waals surface area contributed by atoms with Gasteiger partial charge in [0.05, 0.1) is 6.20 Å². The van der Waals surface area contributed by atoms with Gasteiger partial charge < -0.3 is 5.32 Å². The van der Waals surface area contributed by atoms with E-state index in [1.807, 2.05) is 6.20 Å². The highest BCUT2D eigenvalue weighted by molar-refractivity contribution is 5.03. The van der Waals surface area contributed by atoms with Crippen molar-refractivity contribution in [3.63, 3.8) is 0 Å². The fraction of sp³-hybridized carbons (Fsp3) is 0.800. The van der Waals surface area contributed by atoms with Crippen LogP contribution in [0, 0.1) is 5.92 Å². The van der Waals surface area contributed by atoms with Gasteiger partial charge in [0.2, 0.25) is 0 Å². The third kappa shape index (κ3) is 5.67. The van der Waals surface area contributed by atoms with Gasteiger partial charge in [-0.25, -0.2) is 0 Å². The Bertz CT molecular complexity index is 317. The van der Waals surface area contributed by atoms with Crippen molar-refractivity contribution in [3.05, 3.63) is 18.0 Å². The highest BCUT2D eigenvalue weighted by Crippen LogP contribution is 2.15. The van der Waals surface area contributed by atoms with Crippen LogP contribution in [0.4, 0.5) is 0 Å². The van der Waals surface area contributed by atoms with Crippen LogP contribution in [0.1, 0.15) is 58.9 Å². The summed E-state index contributed by atoms with van der Waals surface area (Å²) in [5.41, 5.74) is 1.29. The first-order chi connectivity index (χ1) is 8.65. The van der Waals surface area contributed by atoms with Crippen LogP contribution in [0.2, 0.25) is 0 Å². The summed E-state index contributed by atoms with van der Waals surface area (Å²) in [6, 6.07) is 0.529. The maximum Gasteiger partial charge on any atom is 0.0534 e. The van der Waals surface area contributed by atoms with Crippen molar-refractivity contribution < 1.29 is 0 Å². The molecule has 1 heterocycles. The van der Waals surface area contributed by atoms with Gasteiger partial charge in [-0.15, -0.1) is 0 Å². The Hall–Kier alpha value is -0.830. The molecule has 0 aliphatic carbocycles. The van der Waals surface area contributed by atoms with E-state index in [0.717, 1.165) is 19.0 Å². The van der Waals surface area contributed by atoms with Crippen molar-refractivity contribution in [3.8, 4) is 0 Å². The van der Waals surface area contributed by atoms with E-state index in [1.54, 1.807) is 0 Å². The quantitative estimate of drug-likeness (QED) is 0.727. The predicted octanol–water partition coefficient (Wildman–Crippen LogP) is 3.60. The van der Waals surface area contributed by atoms with Gasteiger partial charge in [0.1, 0.15) is 0 Å². The van der Waals surface area contributed by atoms with Gasteiger partial charge >= 0.3 is 0 Å². The van der Waals surface area contributed by atoms with Gasteiger partial charge in [-0.3, -0.25) is 4.68 Å². The van der Waals surface area contributed by atoms with Crippen LogP contribution in [0.3, 0.4) is 0 Å². The van der Waals surface area contributed by atoms with E-state index in [4.69, 9.17) is 0 Å². The summed E-state index contributed by atoms with van der Waals surface area (Å²) >= 11 is 0. The van der Waals surface area contributed by atoms with Crippen molar-refractivity contribution in [1.29, 1.82) is 0 Å². The molecule has 3 heteroatoms. The normalized spacial score (nSPS) is 13.2. The average Bonchev–Trinajstić information content (AvgIpc) is 2.79. The zero-order valence-electron chi connectivity index (χ0n) is 12.4. The molecule has 1 N–H and O–H groups in total. The smallest absolute Gasteiger partial charge is 0.0534 e. The van der Waals surface area contributed by atoms with E-state index < -0.39 is 0 Å². The average molecular weight is 251 g/mol. The highest BCUT2D eigenvalue weighted by Gasteiger charge is 2.08. The van der Waals surface area contributed by atoms with E-state index in [9.17, 15) is 0 Å². The van der Waals surface area contributed by atoms with Gasteiger partial charge in [-0.2, -0.15) is 5.10 Å². The summed E-state index contributed by atoms with van der Waals surface area (Å²) < 4.78 is 2.11. The summed E-state index contributed by atoms with van der Waals surface area (Å²) in [5, 5.41) is 7.89. The molecule has 1 aromatic rings. The van der Waals surface area contributed by atoms with Gasteiger partial charge in [-0.1, -0.05) is 47.0 Å². The molecule has 0 saturated carbocycles. The number of hydrogen-bond donors (Lipinski definition) is 1. The number of rotatable bonds is 9. The summed E-state index contributed by atoms with van der Waals surface area (Å²) in [4.78, 5) is 0. The third-order valence-electron chi connectivity index (χ3n) is 3.39. The number of nitrogens with zero attached hydrogens (tertiary/aromatic N) is 2. The van der Waals surface area contributed by atoms with Crippen LogP contribution >= 0.6 is 0 Å². The second-order valence-corrected chi connectivity index (χ2v) is 5.52. The number of hydrogen-bond acceptors (Lipinski definition) is 2. The van der Waals surface area contributed by atoms with E-state index in [2.05, 4.69) is 49.0 Å². The van der Waals surface area contributed by atoms with Crippen molar-refractivity contribution in [2.24, 2.45) is 5.92 Å². The van der Waals surface area contributed by atoms with E-state index in [1.165, 1.54) is 31.2 Å². The molecule has 0 fully saturated rings. The molecule has 18 heavy (non-hydrogen) atoms. The van der Waals surface area contributed by atoms with E-state index >= 15 is 0 Å². The van der Waals surface area contributed by atoms with Crippen molar-refractivity contribution in [2.45, 2.75) is 72.5 Å². The molecule has 0 saturated heterocycles. The lowest BCUT2D eigenvalue weighted by Gasteiger charge is -2.14. The molecule has 0 amide bonds. The lowest BCUT2D eigenvalue weighted by Crippen LogP contribution is -2.21. The first-order valence-electron chi connectivity index (χ1n) is 7.40. The molecular weight excluding hydrogens is 222 g/mol. The van der Waals surface area contributed by atoms with Crippen LogP contribution in [0.25, 0.3) is 0 Å². The van der Waals surface area contributed by atoms with Gasteiger partial charge in [0.25, 0.3) is 0 Å². The van der Waals surface area contributed by atoms with Crippen LogP contribution in [0.15, 0.2) is 12.4 Å². The monoisotopic (exact) mass is 251 g/mol. The lowest BCUT2D eigenvalue weighted by atomic mass is 9.99. The maximum absolute atomic E-state index is 4.47. The second-order valence-electron chi connectivity index (χ2n) is 5.52. The molecule has 1 unspecified atom stereocenters. The summed E-state index contributed by atoms with van der Waals surface area (Å²) in [6.07, 6.45) is 9.37. The molecule has 1 atom stereocenters. The zero-order valence-corrected chi connectivity index (χ0v) is 12.4. The molecule has 0 spiro atoms. The number of nitrogens with one attached hydrogen (secondary N) is 1. The zero-order chi connectivity index (χ0) is 13.4. The van der Waals surface area contributed by atoms with E-state index in [-0.39, 0.29) is 0 Å². The molecule has 0 aliphatic heterocycles. The Morgan fingerprint density at radius 2 is 2.11 bits per heavy atom. The topological polar surface area (TPSA) is 29.9 Å². The molecule has 3 nitrogen and oxygen atoms in total. The largest absolute Gasteiger partial charge is 0.310 e. The molecule has 0 aliphatic rings. The number of aromatic nitrogens is 2. The van der Waals surface area contributed by atoms with Crippen LogP contribution in [-0.4, -0.2) is 15.8 Å². The van der Waals surface area contributed by atoms with Crippen molar-refractivity contribution in [2.75, 3.05) is 0 Å². The van der Waals surface area contributed by atoms with Crippen LogP contribution in [-0.2, 0) is 13.1 Å². The Morgan fingerprint density at radius 3 is 2.72 bits per heavy atom. The minimum Gasteiger partial charge on any atom is -0.310 e. The van der Waals surface area contributed by atoms with Crippen LogP contribution in [0.5, 0.6) is 0 Å². The molecular formula is C15H29N3. The predicted molar refractivity (Wildman–Crippen MR) is 77.5 cm³/mol. The summed E-state index contributed by atoms with van der Waals surface area (Å²) in [6.45, 7) is 10.9. The second kappa shape index (κ2) is 8.30. The summed E-state index contributed by atoms with van der Waals surface area (Å²) in [7, 11) is 0. The Balaban J connectivity index is 2.41. The van der Waals surface area contributed by atoms with Gasteiger partial charge in [-0.05, 0) is 12.3 Å². The standard InChI is InChI=1S/C15H29N3/c1-5-7-8-14(6-2)11-18-12-15(10-17-18)9-16-13(3)4/h10,12-14,16H,5-9,11H2,1-4H3. The first kappa shape index (κ1) is 15.2. The Kier molecular flexibility index (Phi) is 7.02. The summed E-state index contributed by atoms with van der Waals surface area (Å²) in [5.74, 6) is 0.774. The lowest BCUT2D eigenvalue weighted by molar-refractivity contribution is 0.372. The molecule has 0 aromatic carbocycles. The first-order valence-corrected chi connectivity index (χ1v) is 7.40. The molecule has 1 aromatic heterocycles. The Labute approximate surface area is 112 Å². The molecule has 104 valence electrons. The van der Waals surface area contributed by atoms with Crippen molar-refractivity contribution in [1.82, 2.24) is 15.1 Å². The SMILES string of the molecule is CCCCC(CC)Cn1cc(CNC(C)C)cn1. The fourth-order valence-corrected chi connectivity index (χ4v) is 2.10. The van der Waals surface area contributed by atoms with Gasteiger partial charge in [0, 0.05) is 30.9 Å². The van der Waals surface area contributed by atoms with Gasteiger partial charge in [0.15, 0.2) is 0 Å². The van der Waals surface area contributed by atoms with Crippen molar-refractivity contribution >= 4 is 0 Å². The maximum atomic E-state index is 4.47. The van der Waals surface area contributed by atoms with Crippen LogP contribution < -0.4 is 5.32 Å².